The number of amides is 3. The first-order chi connectivity index (χ1) is 27.2. The van der Waals surface area contributed by atoms with Crippen LogP contribution in [0.2, 0.25) is 0 Å². The summed E-state index contributed by atoms with van der Waals surface area (Å²) in [6.07, 6.45) is 7.79. The molecule has 3 aliphatic rings. The Morgan fingerprint density at radius 1 is 0.964 bits per heavy atom. The van der Waals surface area contributed by atoms with Crippen molar-refractivity contribution in [1.82, 2.24) is 45.3 Å². The molecular formula is C39H43N13O3S. The normalized spacial score (nSPS) is 18.3. The van der Waals surface area contributed by atoms with Gasteiger partial charge in [0, 0.05) is 70.2 Å². The highest BCUT2D eigenvalue weighted by atomic mass is 32.1. The topological polar surface area (TPSA) is 190 Å². The predicted octanol–water partition coefficient (Wildman–Crippen LogP) is 3.58. The average Bonchev–Trinajstić information content (AvgIpc) is 3.87. The maximum absolute atomic E-state index is 12.7. The second-order valence-electron chi connectivity index (χ2n) is 14.8. The first kappa shape index (κ1) is 37.0. The number of imide groups is 1. The van der Waals surface area contributed by atoms with Gasteiger partial charge >= 0.3 is 0 Å². The van der Waals surface area contributed by atoms with Crippen LogP contribution in [0.15, 0.2) is 55.0 Å². The largest absolute Gasteiger partial charge is 0.382 e. The minimum atomic E-state index is -0.729. The van der Waals surface area contributed by atoms with E-state index < -0.39 is 17.9 Å². The van der Waals surface area contributed by atoms with Crippen molar-refractivity contribution in [3.63, 3.8) is 0 Å². The van der Waals surface area contributed by atoms with Gasteiger partial charge in [-0.05, 0) is 75.4 Å². The number of pyridine rings is 2. The minimum absolute atomic E-state index is 0.190. The smallest absolute Gasteiger partial charge is 0.270 e. The van der Waals surface area contributed by atoms with Crippen molar-refractivity contribution in [1.29, 1.82) is 5.26 Å². The third-order valence-corrected chi connectivity index (χ3v) is 11.6. The molecule has 5 aromatic rings. The van der Waals surface area contributed by atoms with E-state index in [2.05, 4.69) is 70.8 Å². The Balaban J connectivity index is 0.829. The Bertz CT molecular complexity index is 2280. The lowest BCUT2D eigenvalue weighted by Crippen LogP contribution is -2.52. The van der Waals surface area contributed by atoms with Gasteiger partial charge in [-0.25, -0.2) is 9.50 Å². The van der Waals surface area contributed by atoms with E-state index in [1.165, 1.54) is 0 Å². The van der Waals surface area contributed by atoms with Crippen molar-refractivity contribution in [3.05, 3.63) is 66.2 Å². The van der Waals surface area contributed by atoms with Crippen LogP contribution in [0.1, 0.15) is 55.6 Å². The fourth-order valence-corrected chi connectivity index (χ4v) is 8.45. The SMILES string of the molecule is CC(C)Nc1cc(-c2ccc3cc(C#N)cnn23)ncc1-c1nnc(N2CCN(CC3CCN(c4ccc(C(=O)NC5CCC(=O)NC5=O)nc4)CC3)CC2)s1. The van der Waals surface area contributed by atoms with Gasteiger partial charge < -0.3 is 20.4 Å². The molecule has 56 heavy (non-hydrogen) atoms. The summed E-state index contributed by atoms with van der Waals surface area (Å²) in [4.78, 5) is 52.5. The van der Waals surface area contributed by atoms with Crippen LogP contribution in [0.3, 0.4) is 0 Å². The number of nitrogens with zero attached hydrogens (tertiary/aromatic N) is 10. The zero-order valence-corrected chi connectivity index (χ0v) is 32.1. The first-order valence-electron chi connectivity index (χ1n) is 19.0. The molecule has 3 N–H and O–H groups in total. The highest BCUT2D eigenvalue weighted by Crippen LogP contribution is 2.36. The number of carbonyl (C=O) groups is 3. The van der Waals surface area contributed by atoms with Crippen molar-refractivity contribution in [2.75, 3.05) is 60.9 Å². The Morgan fingerprint density at radius 2 is 1.79 bits per heavy atom. The van der Waals surface area contributed by atoms with Gasteiger partial charge in [-0.3, -0.25) is 29.6 Å². The standard InChI is InChI=1S/C39H43N13O3S/c1-24(2)44-32-18-33(34-7-4-27-17-26(19-40)20-43-52(27)34)42-22-29(32)38-47-48-39(56-38)51-15-13-49(14-16-51)23-25-9-11-50(12-10-25)28-3-5-30(41-21-28)36(54)45-31-6-8-35(53)46-37(31)55/h3-5,7,17-18,20-22,24-25,31H,6,8-16,23H2,1-2H3,(H,42,44)(H,45,54)(H,46,53,55). The zero-order chi connectivity index (χ0) is 38.8. The van der Waals surface area contributed by atoms with Gasteiger partial charge in [0.25, 0.3) is 5.91 Å². The molecule has 0 saturated carbocycles. The van der Waals surface area contributed by atoms with Crippen LogP contribution in [0.4, 0.5) is 16.5 Å². The Labute approximate surface area is 327 Å². The van der Waals surface area contributed by atoms with E-state index in [9.17, 15) is 19.6 Å². The fourth-order valence-electron chi connectivity index (χ4n) is 7.53. The molecule has 1 atom stereocenters. The fraction of sp³-hybridized carbons (Fsp3) is 0.410. The van der Waals surface area contributed by atoms with Crippen LogP contribution in [0.5, 0.6) is 0 Å². The molecule has 288 valence electrons. The van der Waals surface area contributed by atoms with Gasteiger partial charge in [0.15, 0.2) is 5.01 Å². The monoisotopic (exact) mass is 773 g/mol. The molecule has 3 fully saturated rings. The van der Waals surface area contributed by atoms with Gasteiger partial charge in [0.1, 0.15) is 17.8 Å². The minimum Gasteiger partial charge on any atom is -0.382 e. The van der Waals surface area contributed by atoms with Crippen molar-refractivity contribution in [3.8, 4) is 28.0 Å². The third-order valence-electron chi connectivity index (χ3n) is 10.5. The second-order valence-corrected chi connectivity index (χ2v) is 15.8. The number of piperidine rings is 2. The van der Waals surface area contributed by atoms with Crippen LogP contribution in [0.25, 0.3) is 27.5 Å². The summed E-state index contributed by atoms with van der Waals surface area (Å²) >= 11 is 1.59. The number of fused-ring (bicyclic) bond motifs is 1. The molecule has 0 spiro atoms. The molecule has 17 heteroatoms. The van der Waals surface area contributed by atoms with E-state index >= 15 is 0 Å². The molecule has 1 unspecified atom stereocenters. The Hall–Kier alpha value is -5.99. The van der Waals surface area contributed by atoms with Gasteiger partial charge in [-0.15, -0.1) is 10.2 Å². The van der Waals surface area contributed by atoms with Crippen LogP contribution in [-0.2, 0) is 9.59 Å². The molecule has 0 aromatic carbocycles. The predicted molar refractivity (Wildman–Crippen MR) is 212 cm³/mol. The van der Waals surface area contributed by atoms with Crippen molar-refractivity contribution in [2.24, 2.45) is 5.92 Å². The van der Waals surface area contributed by atoms with E-state index in [0.717, 1.165) is 103 Å². The molecular weight excluding hydrogens is 731 g/mol. The molecule has 5 aromatic heterocycles. The summed E-state index contributed by atoms with van der Waals surface area (Å²) in [6, 6.07) is 13.0. The lowest BCUT2D eigenvalue weighted by Gasteiger charge is -2.39. The number of rotatable bonds is 10. The Morgan fingerprint density at radius 3 is 2.52 bits per heavy atom. The molecule has 16 nitrogen and oxygen atoms in total. The summed E-state index contributed by atoms with van der Waals surface area (Å²) < 4.78 is 1.80. The first-order valence-corrected chi connectivity index (χ1v) is 19.8. The van der Waals surface area contributed by atoms with E-state index in [1.54, 1.807) is 34.3 Å². The van der Waals surface area contributed by atoms with Crippen LogP contribution >= 0.6 is 11.3 Å². The molecule has 8 rings (SSSR count). The van der Waals surface area contributed by atoms with Crippen molar-refractivity contribution in [2.45, 2.75) is 51.6 Å². The summed E-state index contributed by atoms with van der Waals surface area (Å²) in [5.74, 6) is -0.617. The van der Waals surface area contributed by atoms with E-state index in [0.29, 0.717) is 11.5 Å². The number of nitriles is 1. The number of piperazine rings is 1. The molecule has 0 aliphatic carbocycles. The highest BCUT2D eigenvalue weighted by Gasteiger charge is 2.29. The van der Waals surface area contributed by atoms with Crippen molar-refractivity contribution < 1.29 is 14.4 Å². The van der Waals surface area contributed by atoms with E-state index in [4.69, 9.17) is 4.98 Å². The average molecular weight is 774 g/mol. The van der Waals surface area contributed by atoms with Gasteiger partial charge in [0.2, 0.25) is 16.9 Å². The number of carbonyl (C=O) groups excluding carboxylic acids is 3. The summed E-state index contributed by atoms with van der Waals surface area (Å²) in [5.41, 5.74) is 6.00. The molecule has 8 heterocycles. The Kier molecular flexibility index (Phi) is 10.6. The molecule has 3 saturated heterocycles. The van der Waals surface area contributed by atoms with Gasteiger partial charge in [-0.2, -0.15) is 10.4 Å². The van der Waals surface area contributed by atoms with Gasteiger partial charge in [-0.1, -0.05) is 11.3 Å². The third kappa shape index (κ3) is 8.02. The van der Waals surface area contributed by atoms with Crippen molar-refractivity contribution >= 4 is 51.1 Å². The number of hydrogen-bond acceptors (Lipinski definition) is 14. The second kappa shape index (κ2) is 16.0. The maximum Gasteiger partial charge on any atom is 0.270 e. The zero-order valence-electron chi connectivity index (χ0n) is 31.3. The van der Waals surface area contributed by atoms with E-state index in [-0.39, 0.29) is 30.5 Å². The molecule has 3 amide bonds. The lowest BCUT2D eigenvalue weighted by molar-refractivity contribution is -0.134. The summed E-state index contributed by atoms with van der Waals surface area (Å²) in [6.45, 7) is 10.8. The van der Waals surface area contributed by atoms with Crippen LogP contribution < -0.4 is 25.8 Å². The molecule has 0 radical (unpaired) electrons. The van der Waals surface area contributed by atoms with Crippen LogP contribution in [-0.4, -0.2) is 110 Å². The van der Waals surface area contributed by atoms with Gasteiger partial charge in [0.05, 0.1) is 46.1 Å². The maximum atomic E-state index is 12.7. The highest BCUT2D eigenvalue weighted by molar-refractivity contribution is 7.18. The molecule has 3 aliphatic heterocycles. The lowest BCUT2D eigenvalue weighted by atomic mass is 9.95. The number of nitrogens with one attached hydrogen (secondary N) is 3. The number of hydrogen-bond donors (Lipinski definition) is 3. The number of anilines is 3. The van der Waals surface area contributed by atoms with E-state index in [1.807, 2.05) is 36.5 Å². The molecule has 0 bridgehead atoms. The quantitative estimate of drug-likeness (QED) is 0.175. The summed E-state index contributed by atoms with van der Waals surface area (Å²) in [5, 5.41) is 33.2. The summed E-state index contributed by atoms with van der Waals surface area (Å²) in [7, 11) is 0. The van der Waals surface area contributed by atoms with Crippen LogP contribution in [0, 0.1) is 17.2 Å². The number of aromatic nitrogens is 6.